The van der Waals surface area contributed by atoms with Crippen LogP contribution in [0.25, 0.3) is 0 Å². The first-order valence-electron chi connectivity index (χ1n) is 5.52. The molecule has 1 aromatic rings. The first-order chi connectivity index (χ1) is 8.16. The molecule has 1 aromatic heterocycles. The number of hydrogen-bond acceptors (Lipinski definition) is 3. The van der Waals surface area contributed by atoms with Crippen molar-refractivity contribution >= 4 is 23.5 Å². The minimum atomic E-state index is -0.853. The Bertz CT molecular complexity index is 413. The molecule has 1 aliphatic heterocycles. The van der Waals surface area contributed by atoms with Gasteiger partial charge < -0.3 is 15.3 Å². The summed E-state index contributed by atoms with van der Waals surface area (Å²) in [5, 5.41) is 12.7. The van der Waals surface area contributed by atoms with Gasteiger partial charge in [0.05, 0.1) is 6.04 Å². The highest BCUT2D eigenvalue weighted by Crippen LogP contribution is 2.18. The number of nitrogens with one attached hydrogen (secondary N) is 1. The number of rotatable bonds is 3. The van der Waals surface area contributed by atoms with E-state index in [2.05, 4.69) is 10.3 Å². The van der Waals surface area contributed by atoms with Gasteiger partial charge in [0, 0.05) is 24.3 Å². The van der Waals surface area contributed by atoms with E-state index in [9.17, 15) is 4.79 Å². The molecule has 0 saturated carbocycles. The van der Waals surface area contributed by atoms with E-state index in [1.807, 2.05) is 0 Å². The zero-order chi connectivity index (χ0) is 12.3. The Morgan fingerprint density at radius 1 is 1.71 bits per heavy atom. The third-order valence-electron chi connectivity index (χ3n) is 2.86. The Morgan fingerprint density at radius 2 is 2.53 bits per heavy atom. The number of likely N-dealkylation sites (tertiary alicyclic amines) is 1. The first kappa shape index (κ1) is 12.0. The predicted octanol–water partition coefficient (Wildman–Crippen LogP) is 2.29. The molecule has 1 fully saturated rings. The van der Waals surface area contributed by atoms with Gasteiger partial charge in [-0.15, -0.1) is 0 Å². The minimum absolute atomic E-state index is 0.0216. The normalized spacial score (nSPS) is 19.4. The largest absolute Gasteiger partial charge is 0.465 e. The van der Waals surface area contributed by atoms with Crippen molar-refractivity contribution in [1.29, 1.82) is 0 Å². The number of aromatic nitrogens is 1. The second-order valence-electron chi connectivity index (χ2n) is 4.01. The number of carbonyl (C=O) groups is 1. The van der Waals surface area contributed by atoms with E-state index in [1.165, 1.54) is 4.90 Å². The average molecular weight is 256 g/mol. The molecule has 1 saturated heterocycles. The number of pyridine rings is 1. The van der Waals surface area contributed by atoms with E-state index in [0.717, 1.165) is 12.8 Å². The molecule has 5 nitrogen and oxygen atoms in total. The highest BCUT2D eigenvalue weighted by molar-refractivity contribution is 6.30. The summed E-state index contributed by atoms with van der Waals surface area (Å²) in [6.07, 6.45) is 2.57. The molecule has 0 spiro atoms. The van der Waals surface area contributed by atoms with E-state index >= 15 is 0 Å². The monoisotopic (exact) mass is 255 g/mol. The smallest absolute Gasteiger partial charge is 0.407 e. The average Bonchev–Trinajstić information content (AvgIpc) is 2.74. The van der Waals surface area contributed by atoms with Gasteiger partial charge in [0.25, 0.3) is 0 Å². The number of carboxylic acid groups (broad SMARTS) is 1. The summed E-state index contributed by atoms with van der Waals surface area (Å²) in [6, 6.07) is 3.45. The molecule has 2 heterocycles. The van der Waals surface area contributed by atoms with Crippen molar-refractivity contribution in [3.63, 3.8) is 0 Å². The van der Waals surface area contributed by atoms with Crippen LogP contribution in [0.3, 0.4) is 0 Å². The van der Waals surface area contributed by atoms with Crippen LogP contribution in [0, 0.1) is 0 Å². The van der Waals surface area contributed by atoms with E-state index in [4.69, 9.17) is 16.7 Å². The number of amides is 1. The quantitative estimate of drug-likeness (QED) is 0.870. The summed E-state index contributed by atoms with van der Waals surface area (Å²) in [5.41, 5.74) is 0. The number of anilines is 1. The molecule has 2 N–H and O–H groups in total. The maximum atomic E-state index is 10.9. The Morgan fingerprint density at radius 3 is 3.24 bits per heavy atom. The molecule has 92 valence electrons. The van der Waals surface area contributed by atoms with Crippen molar-refractivity contribution in [3.05, 3.63) is 23.4 Å². The summed E-state index contributed by atoms with van der Waals surface area (Å²) in [4.78, 5) is 16.5. The van der Waals surface area contributed by atoms with Gasteiger partial charge in [-0.1, -0.05) is 11.6 Å². The number of halogens is 1. The maximum absolute atomic E-state index is 10.9. The van der Waals surface area contributed by atoms with E-state index in [1.54, 1.807) is 18.3 Å². The van der Waals surface area contributed by atoms with Crippen LogP contribution in [0.1, 0.15) is 12.8 Å². The van der Waals surface area contributed by atoms with E-state index in [-0.39, 0.29) is 6.04 Å². The molecule has 6 heteroatoms. The molecule has 1 aliphatic rings. The second kappa shape index (κ2) is 5.23. The van der Waals surface area contributed by atoms with Crippen LogP contribution >= 0.6 is 11.6 Å². The SMILES string of the molecule is O=C(O)N1CCCC1CNc1cc(Cl)ccn1. The lowest BCUT2D eigenvalue weighted by atomic mass is 10.2. The molecule has 17 heavy (non-hydrogen) atoms. The molecule has 0 radical (unpaired) electrons. The molecular formula is C11H14ClN3O2. The molecule has 1 unspecified atom stereocenters. The minimum Gasteiger partial charge on any atom is -0.465 e. The summed E-state index contributed by atoms with van der Waals surface area (Å²) < 4.78 is 0. The topological polar surface area (TPSA) is 65.5 Å². The van der Waals surface area contributed by atoms with Gasteiger partial charge in [0.1, 0.15) is 5.82 Å². The Hall–Kier alpha value is -1.49. The summed E-state index contributed by atoms with van der Waals surface area (Å²) >= 11 is 5.83. The Labute approximate surface area is 104 Å². The van der Waals surface area contributed by atoms with Gasteiger partial charge in [0.15, 0.2) is 0 Å². The molecule has 1 amide bonds. The molecule has 0 bridgehead atoms. The summed E-state index contributed by atoms with van der Waals surface area (Å²) in [6.45, 7) is 1.18. The summed E-state index contributed by atoms with van der Waals surface area (Å²) in [5.74, 6) is 0.676. The first-order valence-corrected chi connectivity index (χ1v) is 5.89. The van der Waals surface area contributed by atoms with Crippen molar-refractivity contribution in [1.82, 2.24) is 9.88 Å². The zero-order valence-corrected chi connectivity index (χ0v) is 10.0. The van der Waals surface area contributed by atoms with Crippen LogP contribution in [0.15, 0.2) is 18.3 Å². The predicted molar refractivity (Wildman–Crippen MR) is 65.5 cm³/mol. The fraction of sp³-hybridized carbons (Fsp3) is 0.455. The third-order valence-corrected chi connectivity index (χ3v) is 3.10. The van der Waals surface area contributed by atoms with Gasteiger partial charge in [0.2, 0.25) is 0 Å². The highest BCUT2D eigenvalue weighted by atomic mass is 35.5. The van der Waals surface area contributed by atoms with Crippen LogP contribution in [-0.2, 0) is 0 Å². The summed E-state index contributed by atoms with van der Waals surface area (Å²) in [7, 11) is 0. The lowest BCUT2D eigenvalue weighted by molar-refractivity contribution is 0.142. The van der Waals surface area contributed by atoms with Gasteiger partial charge in [-0.3, -0.25) is 0 Å². The van der Waals surface area contributed by atoms with Gasteiger partial charge in [-0.25, -0.2) is 9.78 Å². The maximum Gasteiger partial charge on any atom is 0.407 e. The van der Waals surface area contributed by atoms with Crippen molar-refractivity contribution in [2.75, 3.05) is 18.4 Å². The second-order valence-corrected chi connectivity index (χ2v) is 4.45. The fourth-order valence-electron chi connectivity index (χ4n) is 2.02. The zero-order valence-electron chi connectivity index (χ0n) is 9.27. The van der Waals surface area contributed by atoms with Crippen molar-refractivity contribution in [2.45, 2.75) is 18.9 Å². The standard InChI is InChI=1S/C11H14ClN3O2/c12-8-3-4-13-10(6-8)14-7-9-2-1-5-15(9)11(16)17/h3-4,6,9H,1-2,5,7H2,(H,13,14)(H,16,17). The van der Waals surface area contributed by atoms with Gasteiger partial charge >= 0.3 is 6.09 Å². The highest BCUT2D eigenvalue weighted by Gasteiger charge is 2.27. The van der Waals surface area contributed by atoms with Crippen LogP contribution in [0.2, 0.25) is 5.02 Å². The van der Waals surface area contributed by atoms with Crippen LogP contribution in [0.5, 0.6) is 0 Å². The Balaban J connectivity index is 1.91. The van der Waals surface area contributed by atoms with Crippen molar-refractivity contribution < 1.29 is 9.90 Å². The lowest BCUT2D eigenvalue weighted by Gasteiger charge is -2.21. The third kappa shape index (κ3) is 3.00. The molecule has 0 aromatic carbocycles. The fourth-order valence-corrected chi connectivity index (χ4v) is 2.18. The number of hydrogen-bond donors (Lipinski definition) is 2. The number of nitrogens with zero attached hydrogens (tertiary/aromatic N) is 2. The molecule has 0 aliphatic carbocycles. The van der Waals surface area contributed by atoms with E-state index < -0.39 is 6.09 Å². The lowest BCUT2D eigenvalue weighted by Crippen LogP contribution is -2.38. The molecular weight excluding hydrogens is 242 g/mol. The van der Waals surface area contributed by atoms with E-state index in [0.29, 0.717) is 23.9 Å². The van der Waals surface area contributed by atoms with Gasteiger partial charge in [-0.05, 0) is 25.0 Å². The van der Waals surface area contributed by atoms with Crippen LogP contribution in [-0.4, -0.2) is 40.2 Å². The van der Waals surface area contributed by atoms with Crippen LogP contribution < -0.4 is 5.32 Å². The molecule has 2 rings (SSSR count). The molecule has 1 atom stereocenters. The van der Waals surface area contributed by atoms with Crippen LogP contribution in [0.4, 0.5) is 10.6 Å². The van der Waals surface area contributed by atoms with Crippen molar-refractivity contribution in [2.24, 2.45) is 0 Å². The van der Waals surface area contributed by atoms with Gasteiger partial charge in [-0.2, -0.15) is 0 Å². The van der Waals surface area contributed by atoms with Crippen molar-refractivity contribution in [3.8, 4) is 0 Å². The Kier molecular flexibility index (Phi) is 3.68.